The van der Waals surface area contributed by atoms with Crippen LogP contribution in [-0.4, -0.2) is 12.6 Å². The van der Waals surface area contributed by atoms with E-state index in [1.165, 1.54) is 69.8 Å². The van der Waals surface area contributed by atoms with Gasteiger partial charge >= 0.3 is 5.97 Å². The van der Waals surface area contributed by atoms with Crippen LogP contribution in [0, 0.1) is 11.8 Å². The van der Waals surface area contributed by atoms with Gasteiger partial charge in [0.05, 0.1) is 12.2 Å². The lowest BCUT2D eigenvalue weighted by atomic mass is 9.77. The van der Waals surface area contributed by atoms with Gasteiger partial charge in [-0.05, 0) is 112 Å². The molecule has 1 fully saturated rings. The highest BCUT2D eigenvalue weighted by molar-refractivity contribution is 5.91. The van der Waals surface area contributed by atoms with Crippen LogP contribution in [0.25, 0.3) is 0 Å². The van der Waals surface area contributed by atoms with E-state index in [-0.39, 0.29) is 5.97 Å². The van der Waals surface area contributed by atoms with Crippen molar-refractivity contribution in [2.24, 2.45) is 11.8 Å². The number of carbonyl (C=O) groups excluding carboxylic acids is 1. The minimum absolute atomic E-state index is 0.332. The molecule has 1 atom stereocenters. The molecule has 1 saturated carbocycles. The van der Waals surface area contributed by atoms with E-state index in [2.05, 4.69) is 45.1 Å². The summed E-state index contributed by atoms with van der Waals surface area (Å²) < 4.78 is 11.5. The standard InChI is InChI=1S/C33H46O3/c1-4-6-8-12-27-13-15-28(16-14-27)29-17-23-32(24-18-29)36-33(34)30-19-21-31(22-20-30)35-25-10-7-9-11-26(3)5-2/h4,6,17-24,26-28H,5,7-16,25H2,1-3H3/b6-4+/t26-,27?,28?/m0/s1. The van der Waals surface area contributed by atoms with Crippen molar-refractivity contribution < 1.29 is 14.3 Å². The second-order valence-corrected chi connectivity index (χ2v) is 10.6. The average molecular weight is 491 g/mol. The first-order valence-corrected chi connectivity index (χ1v) is 14.2. The van der Waals surface area contributed by atoms with Gasteiger partial charge in [0.2, 0.25) is 0 Å². The Balaban J connectivity index is 1.38. The monoisotopic (exact) mass is 490 g/mol. The number of benzene rings is 2. The third-order valence-corrected chi connectivity index (χ3v) is 7.78. The lowest BCUT2D eigenvalue weighted by Gasteiger charge is -2.28. The summed E-state index contributed by atoms with van der Waals surface area (Å²) in [5, 5.41) is 0. The molecule has 3 nitrogen and oxygen atoms in total. The van der Waals surface area contributed by atoms with Crippen molar-refractivity contribution in [2.75, 3.05) is 6.61 Å². The van der Waals surface area contributed by atoms with Gasteiger partial charge in [0, 0.05) is 0 Å². The number of ether oxygens (including phenoxy) is 2. The molecule has 196 valence electrons. The molecule has 0 spiro atoms. The summed E-state index contributed by atoms with van der Waals surface area (Å²) in [5.41, 5.74) is 1.90. The van der Waals surface area contributed by atoms with Crippen LogP contribution in [0.1, 0.15) is 113 Å². The minimum Gasteiger partial charge on any atom is -0.494 e. The van der Waals surface area contributed by atoms with Crippen molar-refractivity contribution in [3.05, 3.63) is 71.8 Å². The van der Waals surface area contributed by atoms with Gasteiger partial charge in [-0.2, -0.15) is 0 Å². The molecule has 0 bridgehead atoms. The van der Waals surface area contributed by atoms with Crippen molar-refractivity contribution in [1.82, 2.24) is 0 Å². The van der Waals surface area contributed by atoms with Crippen molar-refractivity contribution in [1.29, 1.82) is 0 Å². The van der Waals surface area contributed by atoms with Gasteiger partial charge in [0.15, 0.2) is 0 Å². The fraction of sp³-hybridized carbons (Fsp3) is 0.545. The van der Waals surface area contributed by atoms with Gasteiger partial charge in [-0.3, -0.25) is 0 Å². The van der Waals surface area contributed by atoms with Gasteiger partial charge in [0.1, 0.15) is 11.5 Å². The largest absolute Gasteiger partial charge is 0.494 e. The molecule has 36 heavy (non-hydrogen) atoms. The Kier molecular flexibility index (Phi) is 12.1. The molecule has 2 aromatic carbocycles. The highest BCUT2D eigenvalue weighted by atomic mass is 16.5. The van der Waals surface area contributed by atoms with Gasteiger partial charge < -0.3 is 9.47 Å². The van der Waals surface area contributed by atoms with Gasteiger partial charge in [-0.25, -0.2) is 4.79 Å². The van der Waals surface area contributed by atoms with E-state index in [1.54, 1.807) is 12.1 Å². The summed E-state index contributed by atoms with van der Waals surface area (Å²) in [5.74, 6) is 3.38. The Bertz CT molecular complexity index is 905. The maximum atomic E-state index is 12.6. The Morgan fingerprint density at radius 1 is 0.944 bits per heavy atom. The molecule has 0 saturated heterocycles. The van der Waals surface area contributed by atoms with E-state index in [1.807, 2.05) is 24.3 Å². The summed E-state index contributed by atoms with van der Waals surface area (Å²) in [6.45, 7) is 7.39. The summed E-state index contributed by atoms with van der Waals surface area (Å²) in [4.78, 5) is 12.6. The predicted octanol–water partition coefficient (Wildman–Crippen LogP) is 9.52. The number of esters is 1. The zero-order valence-corrected chi connectivity index (χ0v) is 22.7. The van der Waals surface area contributed by atoms with Crippen molar-refractivity contribution in [3.63, 3.8) is 0 Å². The Morgan fingerprint density at radius 2 is 1.64 bits per heavy atom. The molecule has 1 aliphatic rings. The maximum absolute atomic E-state index is 12.6. The van der Waals surface area contributed by atoms with Gasteiger partial charge in [-0.1, -0.05) is 63.8 Å². The third kappa shape index (κ3) is 9.48. The number of hydrogen-bond donors (Lipinski definition) is 0. The van der Waals surface area contributed by atoms with Gasteiger partial charge in [0.25, 0.3) is 0 Å². The van der Waals surface area contributed by atoms with E-state index in [9.17, 15) is 4.79 Å². The quantitative estimate of drug-likeness (QED) is 0.114. The van der Waals surface area contributed by atoms with Crippen LogP contribution in [-0.2, 0) is 0 Å². The van der Waals surface area contributed by atoms with Crippen molar-refractivity contribution in [3.8, 4) is 11.5 Å². The van der Waals surface area contributed by atoms with E-state index in [4.69, 9.17) is 9.47 Å². The van der Waals surface area contributed by atoms with E-state index in [0.717, 1.165) is 24.0 Å². The minimum atomic E-state index is -0.332. The fourth-order valence-electron chi connectivity index (χ4n) is 5.11. The lowest BCUT2D eigenvalue weighted by Crippen LogP contribution is -2.13. The smallest absolute Gasteiger partial charge is 0.343 e. The zero-order valence-electron chi connectivity index (χ0n) is 22.7. The molecule has 0 radical (unpaired) electrons. The highest BCUT2D eigenvalue weighted by Crippen LogP contribution is 2.38. The van der Waals surface area contributed by atoms with Crippen LogP contribution in [0.5, 0.6) is 11.5 Å². The van der Waals surface area contributed by atoms with Crippen molar-refractivity contribution in [2.45, 2.75) is 97.3 Å². The van der Waals surface area contributed by atoms with Crippen LogP contribution < -0.4 is 9.47 Å². The molecular weight excluding hydrogens is 444 g/mol. The van der Waals surface area contributed by atoms with E-state index < -0.39 is 0 Å². The third-order valence-electron chi connectivity index (χ3n) is 7.78. The second-order valence-electron chi connectivity index (χ2n) is 10.6. The number of carbonyl (C=O) groups is 1. The van der Waals surface area contributed by atoms with Crippen LogP contribution in [0.15, 0.2) is 60.7 Å². The summed E-state index contributed by atoms with van der Waals surface area (Å²) in [6.07, 6.45) is 18.2. The topological polar surface area (TPSA) is 35.5 Å². The second kappa shape index (κ2) is 15.5. The molecule has 2 aromatic rings. The average Bonchev–Trinajstić information content (AvgIpc) is 2.92. The lowest BCUT2D eigenvalue weighted by molar-refractivity contribution is 0.0734. The van der Waals surface area contributed by atoms with E-state index >= 15 is 0 Å². The van der Waals surface area contributed by atoms with E-state index in [0.29, 0.717) is 23.8 Å². The SMILES string of the molecule is C/C=C/CCC1CCC(c2ccc(OC(=O)c3ccc(OCCCCC[C@@H](C)CC)cc3)cc2)CC1. The number of hydrogen-bond acceptors (Lipinski definition) is 3. The molecule has 0 aromatic heterocycles. The number of rotatable bonds is 14. The molecule has 0 unspecified atom stereocenters. The van der Waals surface area contributed by atoms with Gasteiger partial charge in [-0.15, -0.1) is 0 Å². The van der Waals surface area contributed by atoms with Crippen LogP contribution >= 0.6 is 0 Å². The molecule has 3 rings (SSSR count). The molecular formula is C33H46O3. The Labute approximate surface area is 219 Å². The fourth-order valence-corrected chi connectivity index (χ4v) is 5.11. The molecule has 3 heteroatoms. The molecule has 0 heterocycles. The summed E-state index contributed by atoms with van der Waals surface area (Å²) >= 11 is 0. The first-order chi connectivity index (χ1) is 17.6. The summed E-state index contributed by atoms with van der Waals surface area (Å²) in [7, 11) is 0. The number of unbranched alkanes of at least 4 members (excludes halogenated alkanes) is 2. The zero-order chi connectivity index (χ0) is 25.6. The Morgan fingerprint density at radius 3 is 2.31 bits per heavy atom. The molecule has 0 aliphatic heterocycles. The summed E-state index contributed by atoms with van der Waals surface area (Å²) in [6, 6.07) is 15.4. The van der Waals surface area contributed by atoms with Crippen LogP contribution in [0.4, 0.5) is 0 Å². The number of allylic oxidation sites excluding steroid dienone is 2. The first-order valence-electron chi connectivity index (χ1n) is 14.2. The Hall–Kier alpha value is -2.55. The molecule has 0 amide bonds. The molecule has 1 aliphatic carbocycles. The maximum Gasteiger partial charge on any atom is 0.343 e. The van der Waals surface area contributed by atoms with Crippen LogP contribution in [0.2, 0.25) is 0 Å². The predicted molar refractivity (Wildman–Crippen MR) is 150 cm³/mol. The van der Waals surface area contributed by atoms with Crippen LogP contribution in [0.3, 0.4) is 0 Å². The highest BCUT2D eigenvalue weighted by Gasteiger charge is 2.22. The normalized spacial score (nSPS) is 18.8. The first kappa shape index (κ1) is 28.0. The van der Waals surface area contributed by atoms with Crippen molar-refractivity contribution >= 4 is 5.97 Å². The molecule has 0 N–H and O–H groups in total.